The lowest BCUT2D eigenvalue weighted by atomic mass is 10.0. The summed E-state index contributed by atoms with van der Waals surface area (Å²) in [5.74, 6) is -0.892. The monoisotopic (exact) mass is 894 g/mol. The molecule has 0 aromatic heterocycles. The molecule has 2 atom stereocenters. The van der Waals surface area contributed by atoms with E-state index in [1.54, 1.807) is 0 Å². The lowest BCUT2D eigenvalue weighted by molar-refractivity contribution is -0.870. The van der Waals surface area contributed by atoms with Crippen molar-refractivity contribution in [1.29, 1.82) is 0 Å². The van der Waals surface area contributed by atoms with Gasteiger partial charge in [0.25, 0.3) is 7.82 Å². The number of phosphoric acid groups is 1. The van der Waals surface area contributed by atoms with E-state index in [0.29, 0.717) is 23.9 Å². The molecule has 0 fully saturated rings. The molecule has 0 bridgehead atoms. The molecule has 0 saturated carbocycles. The van der Waals surface area contributed by atoms with E-state index in [-0.39, 0.29) is 26.1 Å². The maximum Gasteiger partial charge on any atom is 0.306 e. The van der Waals surface area contributed by atoms with Crippen molar-refractivity contribution in [2.75, 3.05) is 47.5 Å². The highest BCUT2D eigenvalue weighted by Gasteiger charge is 2.21. The van der Waals surface area contributed by atoms with Crippen LogP contribution in [0.2, 0.25) is 0 Å². The van der Waals surface area contributed by atoms with Crippen molar-refractivity contribution in [1.82, 2.24) is 0 Å². The van der Waals surface area contributed by atoms with E-state index < -0.39 is 32.5 Å². The van der Waals surface area contributed by atoms with Crippen LogP contribution in [0.1, 0.15) is 219 Å². The molecule has 0 aromatic rings. The number of carbonyl (C=O) groups is 2. The van der Waals surface area contributed by atoms with Crippen LogP contribution in [-0.2, 0) is 32.7 Å². The molecule has 0 rings (SSSR count). The third kappa shape index (κ3) is 47.4. The molecular formula is C52H96NO8P. The van der Waals surface area contributed by atoms with Crippen molar-refractivity contribution in [2.45, 2.75) is 225 Å². The molecule has 62 heavy (non-hydrogen) atoms. The summed E-state index contributed by atoms with van der Waals surface area (Å²) in [6, 6.07) is 0. The first-order valence-corrected chi connectivity index (χ1v) is 26.8. The van der Waals surface area contributed by atoms with Crippen LogP contribution >= 0.6 is 7.82 Å². The molecule has 1 unspecified atom stereocenters. The highest BCUT2D eigenvalue weighted by Crippen LogP contribution is 2.38. The Morgan fingerprint density at radius 2 is 0.887 bits per heavy atom. The van der Waals surface area contributed by atoms with Gasteiger partial charge in [0.05, 0.1) is 27.7 Å². The number of hydrogen-bond acceptors (Lipinski definition) is 8. The Morgan fingerprint density at radius 3 is 1.35 bits per heavy atom. The van der Waals surface area contributed by atoms with Crippen molar-refractivity contribution in [3.05, 3.63) is 48.6 Å². The summed E-state index contributed by atoms with van der Waals surface area (Å²) in [5, 5.41) is 0. The molecule has 0 heterocycles. The molecule has 0 amide bonds. The number of likely N-dealkylation sites (N-methyl/N-ethyl adjacent to an activating group) is 1. The van der Waals surface area contributed by atoms with Crippen LogP contribution in [0.4, 0.5) is 0 Å². The minimum atomic E-state index is -4.64. The van der Waals surface area contributed by atoms with Crippen molar-refractivity contribution >= 4 is 19.8 Å². The molecule has 0 radical (unpaired) electrons. The number of ether oxygens (including phenoxy) is 2. The van der Waals surface area contributed by atoms with Gasteiger partial charge in [-0.2, -0.15) is 0 Å². The summed E-state index contributed by atoms with van der Waals surface area (Å²) in [6.45, 7) is 4.18. The van der Waals surface area contributed by atoms with E-state index in [9.17, 15) is 19.0 Å². The van der Waals surface area contributed by atoms with Gasteiger partial charge in [-0.3, -0.25) is 14.2 Å². The minimum absolute atomic E-state index is 0.0406. The fourth-order valence-electron chi connectivity index (χ4n) is 6.84. The van der Waals surface area contributed by atoms with Crippen molar-refractivity contribution in [2.24, 2.45) is 0 Å². The van der Waals surface area contributed by atoms with E-state index in [1.807, 2.05) is 21.1 Å². The van der Waals surface area contributed by atoms with Crippen LogP contribution in [0.5, 0.6) is 0 Å². The zero-order chi connectivity index (χ0) is 45.7. The molecule has 0 aromatic carbocycles. The number of unbranched alkanes of at least 4 members (excludes halogenated alkanes) is 24. The van der Waals surface area contributed by atoms with Gasteiger partial charge >= 0.3 is 11.9 Å². The minimum Gasteiger partial charge on any atom is -0.756 e. The van der Waals surface area contributed by atoms with Gasteiger partial charge in [-0.15, -0.1) is 0 Å². The summed E-state index contributed by atoms with van der Waals surface area (Å²) in [4.78, 5) is 37.7. The van der Waals surface area contributed by atoms with Crippen molar-refractivity contribution in [3.8, 4) is 0 Å². The molecule has 0 spiro atoms. The first-order chi connectivity index (χ1) is 30.0. The second kappa shape index (κ2) is 44.2. The van der Waals surface area contributed by atoms with Crippen LogP contribution in [-0.4, -0.2) is 70.0 Å². The number of allylic oxidation sites excluding steroid dienone is 8. The van der Waals surface area contributed by atoms with Gasteiger partial charge in [-0.05, 0) is 70.6 Å². The Balaban J connectivity index is 4.31. The summed E-state index contributed by atoms with van der Waals surface area (Å²) in [7, 11) is 1.14. The number of phosphoric ester groups is 1. The van der Waals surface area contributed by atoms with Gasteiger partial charge in [0.2, 0.25) is 0 Å². The second-order valence-electron chi connectivity index (χ2n) is 18.2. The maximum atomic E-state index is 12.7. The fourth-order valence-corrected chi connectivity index (χ4v) is 7.57. The number of esters is 2. The van der Waals surface area contributed by atoms with Crippen LogP contribution in [0.3, 0.4) is 0 Å². The van der Waals surface area contributed by atoms with E-state index in [4.69, 9.17) is 18.5 Å². The van der Waals surface area contributed by atoms with Crippen LogP contribution in [0.25, 0.3) is 0 Å². The zero-order valence-electron chi connectivity index (χ0n) is 40.8. The Morgan fingerprint density at radius 1 is 0.500 bits per heavy atom. The number of carbonyl (C=O) groups excluding carboxylic acids is 2. The maximum absolute atomic E-state index is 12.7. The predicted molar refractivity (Wildman–Crippen MR) is 259 cm³/mol. The van der Waals surface area contributed by atoms with E-state index in [1.165, 1.54) is 141 Å². The predicted octanol–water partition coefficient (Wildman–Crippen LogP) is 14.4. The Hall–Kier alpha value is -2.03. The first-order valence-electron chi connectivity index (χ1n) is 25.3. The molecule has 10 heteroatoms. The highest BCUT2D eigenvalue weighted by molar-refractivity contribution is 7.45. The number of hydrogen-bond donors (Lipinski definition) is 0. The standard InChI is InChI=1S/C52H96NO8P/c1-6-8-10-12-14-16-18-20-22-24-25-26-27-29-30-32-34-36-38-40-42-44-51(54)58-48-50(49-60-62(56,57)59-47-46-53(3,4)5)61-52(55)45-43-41-39-37-35-33-31-28-23-21-19-17-15-13-11-9-7-2/h20-23,31,33,37,39,50H,6-19,24-30,32,34-36,38,40-49H2,1-5H3/b22-20-,23-21-,33-31-,39-37-/t50-/m1/s1. The highest BCUT2D eigenvalue weighted by atomic mass is 31.2. The molecule has 0 aliphatic carbocycles. The lowest BCUT2D eigenvalue weighted by Crippen LogP contribution is -2.37. The zero-order valence-corrected chi connectivity index (χ0v) is 41.7. The van der Waals surface area contributed by atoms with Gasteiger partial charge < -0.3 is 27.9 Å². The topological polar surface area (TPSA) is 111 Å². The van der Waals surface area contributed by atoms with Crippen LogP contribution < -0.4 is 4.89 Å². The quantitative estimate of drug-likeness (QED) is 0.0195. The van der Waals surface area contributed by atoms with Gasteiger partial charge in [0, 0.05) is 12.8 Å². The van der Waals surface area contributed by atoms with Gasteiger partial charge in [-0.1, -0.05) is 184 Å². The van der Waals surface area contributed by atoms with E-state index >= 15 is 0 Å². The molecule has 0 saturated heterocycles. The lowest BCUT2D eigenvalue weighted by Gasteiger charge is -2.28. The Kier molecular flexibility index (Phi) is 42.7. The molecule has 0 aliphatic rings. The Labute approximate surface area is 382 Å². The summed E-state index contributed by atoms with van der Waals surface area (Å²) < 4.78 is 34.0. The molecule has 0 aliphatic heterocycles. The second-order valence-corrected chi connectivity index (χ2v) is 19.6. The van der Waals surface area contributed by atoms with Gasteiger partial charge in [-0.25, -0.2) is 0 Å². The first kappa shape index (κ1) is 60.0. The molecular weight excluding hydrogens is 798 g/mol. The summed E-state index contributed by atoms with van der Waals surface area (Å²) >= 11 is 0. The van der Waals surface area contributed by atoms with Crippen LogP contribution in [0.15, 0.2) is 48.6 Å². The third-order valence-corrected chi connectivity index (χ3v) is 11.8. The van der Waals surface area contributed by atoms with Gasteiger partial charge in [0.1, 0.15) is 19.8 Å². The fraction of sp³-hybridized carbons (Fsp3) is 0.808. The average Bonchev–Trinajstić information content (AvgIpc) is 3.23. The summed E-state index contributed by atoms with van der Waals surface area (Å²) in [5.41, 5.74) is 0. The SMILES string of the molecule is CCCCCCCC/C=C\C/C=C\C/C=C\CCCC(=O)O[C@H](COC(=O)CCCCCCCCCCCCC/C=C\CCCCCCCC)COP(=O)([O-])OCC[N+](C)(C)C. The van der Waals surface area contributed by atoms with E-state index in [0.717, 1.165) is 38.5 Å². The van der Waals surface area contributed by atoms with E-state index in [2.05, 4.69) is 62.5 Å². The largest absolute Gasteiger partial charge is 0.756 e. The molecule has 0 N–H and O–H groups in total. The smallest absolute Gasteiger partial charge is 0.306 e. The normalized spacial score (nSPS) is 13.8. The third-order valence-electron chi connectivity index (χ3n) is 10.8. The van der Waals surface area contributed by atoms with Crippen molar-refractivity contribution in [3.63, 3.8) is 0 Å². The average molecular weight is 894 g/mol. The van der Waals surface area contributed by atoms with Crippen LogP contribution in [0, 0.1) is 0 Å². The van der Waals surface area contributed by atoms with Gasteiger partial charge in [0.15, 0.2) is 6.10 Å². The number of quaternary nitrogens is 1. The number of nitrogens with zero attached hydrogens (tertiary/aromatic N) is 1. The number of rotatable bonds is 46. The molecule has 362 valence electrons. The summed E-state index contributed by atoms with van der Waals surface area (Å²) in [6.07, 6.45) is 52.9. The Bertz CT molecular complexity index is 1190. The van der Waals surface area contributed by atoms with Crippen molar-refractivity contribution < 1.29 is 42.1 Å². The molecule has 9 nitrogen and oxygen atoms in total.